The summed E-state index contributed by atoms with van der Waals surface area (Å²) in [4.78, 5) is 5.47. The predicted octanol–water partition coefficient (Wildman–Crippen LogP) is 3.34. The smallest absolute Gasteiger partial charge is 0.0794 e. The minimum Gasteiger partial charge on any atom is -0.310 e. The Kier molecular flexibility index (Phi) is 4.29. The summed E-state index contributed by atoms with van der Waals surface area (Å²) in [7, 11) is 0. The molecular weight excluding hydrogens is 228 g/mol. The zero-order chi connectivity index (χ0) is 12.1. The van der Waals surface area contributed by atoms with Crippen LogP contribution in [0.15, 0.2) is 36.0 Å². The maximum absolute atomic E-state index is 4.14. The van der Waals surface area contributed by atoms with Crippen molar-refractivity contribution in [2.45, 2.75) is 26.3 Å². The second kappa shape index (κ2) is 5.94. The molecule has 0 saturated carbocycles. The zero-order valence-corrected chi connectivity index (χ0v) is 11.1. The summed E-state index contributed by atoms with van der Waals surface area (Å²) in [6.07, 6.45) is 2.98. The van der Waals surface area contributed by atoms with Crippen molar-refractivity contribution in [3.63, 3.8) is 0 Å². The maximum atomic E-state index is 4.14. The summed E-state index contributed by atoms with van der Waals surface area (Å²) < 4.78 is 0. The first kappa shape index (κ1) is 12.3. The SMILES string of the molecule is CCNC(Cc1cncs1)c1ccccc1C. The molecule has 1 atom stereocenters. The Labute approximate surface area is 107 Å². The maximum Gasteiger partial charge on any atom is 0.0794 e. The molecule has 0 aliphatic rings. The fourth-order valence-electron chi connectivity index (χ4n) is 2.06. The molecule has 0 spiro atoms. The molecule has 1 N–H and O–H groups in total. The molecule has 2 nitrogen and oxygen atoms in total. The number of benzene rings is 1. The molecule has 2 aromatic rings. The van der Waals surface area contributed by atoms with E-state index in [1.807, 2.05) is 11.7 Å². The van der Waals surface area contributed by atoms with Crippen molar-refractivity contribution in [1.29, 1.82) is 0 Å². The van der Waals surface area contributed by atoms with Crippen LogP contribution in [0.25, 0.3) is 0 Å². The molecule has 0 radical (unpaired) electrons. The van der Waals surface area contributed by atoms with Crippen LogP contribution in [0.5, 0.6) is 0 Å². The third-order valence-corrected chi connectivity index (χ3v) is 3.71. The van der Waals surface area contributed by atoms with E-state index in [4.69, 9.17) is 0 Å². The molecule has 0 bridgehead atoms. The highest BCUT2D eigenvalue weighted by atomic mass is 32.1. The lowest BCUT2D eigenvalue weighted by molar-refractivity contribution is 0.550. The Morgan fingerprint density at radius 1 is 1.35 bits per heavy atom. The first-order valence-electron chi connectivity index (χ1n) is 5.97. The summed E-state index contributed by atoms with van der Waals surface area (Å²) in [6, 6.07) is 8.98. The molecule has 0 saturated heterocycles. The third-order valence-electron chi connectivity index (χ3n) is 2.90. The average Bonchev–Trinajstić information content (AvgIpc) is 2.82. The molecule has 90 valence electrons. The van der Waals surface area contributed by atoms with E-state index in [-0.39, 0.29) is 0 Å². The van der Waals surface area contributed by atoms with Crippen molar-refractivity contribution in [2.24, 2.45) is 0 Å². The Morgan fingerprint density at radius 3 is 2.82 bits per heavy atom. The molecule has 17 heavy (non-hydrogen) atoms. The molecule has 1 aromatic heterocycles. The monoisotopic (exact) mass is 246 g/mol. The van der Waals surface area contributed by atoms with E-state index in [2.05, 4.69) is 48.4 Å². The van der Waals surface area contributed by atoms with Gasteiger partial charge in [0.1, 0.15) is 0 Å². The number of likely N-dealkylation sites (N-methyl/N-ethyl adjacent to an activating group) is 1. The third kappa shape index (κ3) is 3.14. The number of rotatable bonds is 5. The van der Waals surface area contributed by atoms with Gasteiger partial charge in [-0.3, -0.25) is 4.98 Å². The molecule has 1 unspecified atom stereocenters. The van der Waals surface area contributed by atoms with Crippen molar-refractivity contribution in [1.82, 2.24) is 10.3 Å². The van der Waals surface area contributed by atoms with Crippen LogP contribution in [0.1, 0.15) is 29.0 Å². The molecule has 1 aromatic carbocycles. The lowest BCUT2D eigenvalue weighted by atomic mass is 9.98. The first-order chi connectivity index (χ1) is 8.31. The summed E-state index contributed by atoms with van der Waals surface area (Å²) in [5.74, 6) is 0. The highest BCUT2D eigenvalue weighted by Crippen LogP contribution is 2.22. The fraction of sp³-hybridized carbons (Fsp3) is 0.357. The van der Waals surface area contributed by atoms with Crippen LogP contribution in [-0.2, 0) is 6.42 Å². The fourth-order valence-corrected chi connectivity index (χ4v) is 2.70. The van der Waals surface area contributed by atoms with Crippen molar-refractivity contribution in [3.05, 3.63) is 52.0 Å². The van der Waals surface area contributed by atoms with Gasteiger partial charge in [-0.2, -0.15) is 0 Å². The van der Waals surface area contributed by atoms with Gasteiger partial charge in [0, 0.05) is 23.5 Å². The number of thiazole rings is 1. The predicted molar refractivity (Wildman–Crippen MR) is 73.4 cm³/mol. The second-order valence-electron chi connectivity index (χ2n) is 4.14. The summed E-state index contributed by atoms with van der Waals surface area (Å²) in [6.45, 7) is 5.31. The van der Waals surface area contributed by atoms with E-state index in [9.17, 15) is 0 Å². The Morgan fingerprint density at radius 2 is 2.18 bits per heavy atom. The van der Waals surface area contributed by atoms with Gasteiger partial charge < -0.3 is 5.32 Å². The van der Waals surface area contributed by atoms with Crippen LogP contribution in [0, 0.1) is 6.92 Å². The van der Waals surface area contributed by atoms with Crippen molar-refractivity contribution in [2.75, 3.05) is 6.54 Å². The van der Waals surface area contributed by atoms with Crippen LogP contribution in [0.4, 0.5) is 0 Å². The molecule has 3 heteroatoms. The topological polar surface area (TPSA) is 24.9 Å². The minimum atomic E-state index is 0.390. The molecule has 0 fully saturated rings. The lowest BCUT2D eigenvalue weighted by Crippen LogP contribution is -2.23. The largest absolute Gasteiger partial charge is 0.310 e. The van der Waals surface area contributed by atoms with Crippen LogP contribution in [0.2, 0.25) is 0 Å². The van der Waals surface area contributed by atoms with E-state index in [0.29, 0.717) is 6.04 Å². The van der Waals surface area contributed by atoms with Gasteiger partial charge in [0.2, 0.25) is 0 Å². The van der Waals surface area contributed by atoms with Gasteiger partial charge in [0.05, 0.1) is 5.51 Å². The van der Waals surface area contributed by atoms with Gasteiger partial charge in [-0.1, -0.05) is 31.2 Å². The van der Waals surface area contributed by atoms with E-state index in [1.165, 1.54) is 16.0 Å². The summed E-state index contributed by atoms with van der Waals surface area (Å²) in [5.41, 5.74) is 4.64. The van der Waals surface area contributed by atoms with Crippen molar-refractivity contribution < 1.29 is 0 Å². The van der Waals surface area contributed by atoms with Gasteiger partial charge in [0.15, 0.2) is 0 Å². The number of hydrogen-bond acceptors (Lipinski definition) is 3. The van der Waals surface area contributed by atoms with Gasteiger partial charge in [-0.25, -0.2) is 0 Å². The van der Waals surface area contributed by atoms with Crippen molar-refractivity contribution >= 4 is 11.3 Å². The van der Waals surface area contributed by atoms with Gasteiger partial charge in [-0.05, 0) is 24.6 Å². The average molecular weight is 246 g/mol. The molecular formula is C14H18N2S. The normalized spacial score (nSPS) is 12.6. The molecule has 0 aliphatic carbocycles. The van der Waals surface area contributed by atoms with E-state index < -0.39 is 0 Å². The van der Waals surface area contributed by atoms with Gasteiger partial charge in [0.25, 0.3) is 0 Å². The minimum absolute atomic E-state index is 0.390. The Hall–Kier alpha value is -1.19. The highest BCUT2D eigenvalue weighted by molar-refractivity contribution is 7.09. The van der Waals surface area contributed by atoms with Crippen LogP contribution in [-0.4, -0.2) is 11.5 Å². The summed E-state index contributed by atoms with van der Waals surface area (Å²) in [5, 5.41) is 3.56. The van der Waals surface area contributed by atoms with E-state index in [1.54, 1.807) is 11.3 Å². The Bertz CT molecular complexity index is 451. The molecule has 1 heterocycles. The number of nitrogens with zero attached hydrogens (tertiary/aromatic N) is 1. The number of hydrogen-bond donors (Lipinski definition) is 1. The van der Waals surface area contributed by atoms with Gasteiger partial charge >= 0.3 is 0 Å². The Balaban J connectivity index is 2.20. The lowest BCUT2D eigenvalue weighted by Gasteiger charge is -2.19. The second-order valence-corrected chi connectivity index (χ2v) is 5.11. The summed E-state index contributed by atoms with van der Waals surface area (Å²) >= 11 is 1.73. The van der Waals surface area contributed by atoms with Crippen molar-refractivity contribution in [3.8, 4) is 0 Å². The molecule has 0 amide bonds. The first-order valence-corrected chi connectivity index (χ1v) is 6.85. The number of aryl methyl sites for hydroxylation is 1. The van der Waals surface area contributed by atoms with Crippen LogP contribution in [0.3, 0.4) is 0 Å². The standard InChI is InChI=1S/C14H18N2S/c1-3-16-14(8-12-9-15-10-17-12)13-7-5-4-6-11(13)2/h4-7,9-10,14,16H,3,8H2,1-2H3. The number of nitrogens with one attached hydrogen (secondary N) is 1. The quantitative estimate of drug-likeness (QED) is 0.875. The number of aromatic nitrogens is 1. The van der Waals surface area contributed by atoms with Crippen LogP contribution >= 0.6 is 11.3 Å². The van der Waals surface area contributed by atoms with Gasteiger partial charge in [-0.15, -0.1) is 11.3 Å². The zero-order valence-electron chi connectivity index (χ0n) is 10.3. The molecule has 2 rings (SSSR count). The molecule has 0 aliphatic heterocycles. The van der Waals surface area contributed by atoms with Crippen LogP contribution < -0.4 is 5.32 Å². The van der Waals surface area contributed by atoms with E-state index >= 15 is 0 Å². The van der Waals surface area contributed by atoms with E-state index in [0.717, 1.165) is 13.0 Å². The highest BCUT2D eigenvalue weighted by Gasteiger charge is 2.13.